The number of carbonyl (C=O) groups excluding carboxylic acids is 2. The van der Waals surface area contributed by atoms with Gasteiger partial charge in [0.2, 0.25) is 5.91 Å². The van der Waals surface area contributed by atoms with E-state index >= 15 is 0 Å². The number of nitrogens with zero attached hydrogens (tertiary/aromatic N) is 3. The predicted octanol–water partition coefficient (Wildman–Crippen LogP) is 5.96. The SMILES string of the molecule is CC(C)N(CC(=O)Nc1cc(C(C)(C)C)nn1-c1ccccc1)C(=O)c1ccc(C(C)(C)C)cc1. The zero-order valence-electron chi connectivity index (χ0n) is 22.2. The first-order chi connectivity index (χ1) is 16.3. The maximum absolute atomic E-state index is 13.3. The van der Waals surface area contributed by atoms with Crippen molar-refractivity contribution in [2.75, 3.05) is 11.9 Å². The third-order valence-corrected chi connectivity index (χ3v) is 5.94. The highest BCUT2D eigenvalue weighted by molar-refractivity contribution is 5.99. The van der Waals surface area contributed by atoms with Gasteiger partial charge in [0.15, 0.2) is 0 Å². The van der Waals surface area contributed by atoms with Gasteiger partial charge in [-0.15, -0.1) is 0 Å². The number of nitrogens with one attached hydrogen (secondary N) is 1. The number of rotatable bonds is 6. The number of hydrogen-bond donors (Lipinski definition) is 1. The van der Waals surface area contributed by atoms with E-state index in [1.165, 1.54) is 0 Å². The van der Waals surface area contributed by atoms with Gasteiger partial charge < -0.3 is 10.2 Å². The Morgan fingerprint density at radius 2 is 1.51 bits per heavy atom. The third kappa shape index (κ3) is 6.38. The van der Waals surface area contributed by atoms with E-state index in [1.54, 1.807) is 9.58 Å². The van der Waals surface area contributed by atoms with E-state index in [9.17, 15) is 9.59 Å². The van der Waals surface area contributed by atoms with Gasteiger partial charge in [-0.2, -0.15) is 5.10 Å². The Morgan fingerprint density at radius 3 is 2.03 bits per heavy atom. The molecule has 1 heterocycles. The minimum Gasteiger partial charge on any atom is -0.327 e. The molecule has 2 amide bonds. The number of para-hydroxylation sites is 1. The van der Waals surface area contributed by atoms with E-state index in [2.05, 4.69) is 46.9 Å². The van der Waals surface area contributed by atoms with E-state index in [-0.39, 0.29) is 35.2 Å². The van der Waals surface area contributed by atoms with Gasteiger partial charge in [-0.3, -0.25) is 9.59 Å². The van der Waals surface area contributed by atoms with Crippen LogP contribution in [-0.2, 0) is 15.6 Å². The Kier molecular flexibility index (Phi) is 7.53. The minimum absolute atomic E-state index is 0.00676. The fourth-order valence-corrected chi connectivity index (χ4v) is 3.71. The molecule has 1 N–H and O–H groups in total. The molecule has 0 spiro atoms. The second kappa shape index (κ2) is 10.1. The normalized spacial score (nSPS) is 12.0. The van der Waals surface area contributed by atoms with Crippen LogP contribution in [0.25, 0.3) is 5.69 Å². The summed E-state index contributed by atoms with van der Waals surface area (Å²) in [6.45, 7) is 16.4. The molecule has 35 heavy (non-hydrogen) atoms. The molecule has 0 saturated heterocycles. The Bertz CT molecular complexity index is 1160. The summed E-state index contributed by atoms with van der Waals surface area (Å²) in [5.41, 5.74) is 3.28. The molecule has 0 aliphatic heterocycles. The van der Waals surface area contributed by atoms with Crippen molar-refractivity contribution in [3.8, 4) is 5.69 Å². The lowest BCUT2D eigenvalue weighted by Gasteiger charge is -2.27. The summed E-state index contributed by atoms with van der Waals surface area (Å²) in [6, 6.07) is 19.1. The van der Waals surface area contributed by atoms with Crippen LogP contribution in [0.4, 0.5) is 5.82 Å². The first-order valence-corrected chi connectivity index (χ1v) is 12.1. The second-order valence-electron chi connectivity index (χ2n) is 11.3. The van der Waals surface area contributed by atoms with Gasteiger partial charge in [0.05, 0.1) is 11.4 Å². The minimum atomic E-state index is -0.268. The Morgan fingerprint density at radius 1 is 0.914 bits per heavy atom. The molecule has 0 fully saturated rings. The number of amides is 2. The van der Waals surface area contributed by atoms with Gasteiger partial charge >= 0.3 is 0 Å². The average Bonchev–Trinajstić information content (AvgIpc) is 3.21. The number of aromatic nitrogens is 2. The lowest BCUT2D eigenvalue weighted by molar-refractivity contribution is -0.117. The second-order valence-corrected chi connectivity index (χ2v) is 11.3. The molecule has 0 atom stereocenters. The summed E-state index contributed by atoms with van der Waals surface area (Å²) in [4.78, 5) is 28.0. The first-order valence-electron chi connectivity index (χ1n) is 12.1. The zero-order chi connectivity index (χ0) is 26.0. The molecule has 2 aromatic carbocycles. The highest BCUT2D eigenvalue weighted by atomic mass is 16.2. The lowest BCUT2D eigenvalue weighted by atomic mass is 9.86. The van der Waals surface area contributed by atoms with E-state index in [0.29, 0.717) is 11.4 Å². The molecule has 0 saturated carbocycles. The number of hydrogen-bond acceptors (Lipinski definition) is 3. The maximum atomic E-state index is 13.3. The van der Waals surface area contributed by atoms with Gasteiger partial charge in [0.1, 0.15) is 12.4 Å². The molecular weight excluding hydrogens is 436 g/mol. The highest BCUT2D eigenvalue weighted by Gasteiger charge is 2.25. The van der Waals surface area contributed by atoms with Crippen molar-refractivity contribution in [3.63, 3.8) is 0 Å². The van der Waals surface area contributed by atoms with Crippen molar-refractivity contribution in [2.24, 2.45) is 0 Å². The molecule has 0 radical (unpaired) electrons. The van der Waals surface area contributed by atoms with Crippen molar-refractivity contribution in [3.05, 3.63) is 77.5 Å². The first kappa shape index (κ1) is 26.2. The van der Waals surface area contributed by atoms with E-state index < -0.39 is 0 Å². The van der Waals surface area contributed by atoms with Gasteiger partial charge in [-0.25, -0.2) is 4.68 Å². The molecule has 6 heteroatoms. The Labute approximate surface area is 209 Å². The highest BCUT2D eigenvalue weighted by Crippen LogP contribution is 2.26. The van der Waals surface area contributed by atoms with Crippen LogP contribution in [0.1, 0.15) is 77.0 Å². The van der Waals surface area contributed by atoms with Crippen molar-refractivity contribution in [1.82, 2.24) is 14.7 Å². The Balaban J connectivity index is 1.83. The molecule has 3 rings (SSSR count). The van der Waals surface area contributed by atoms with Gasteiger partial charge in [-0.1, -0.05) is 71.9 Å². The molecular formula is C29H38N4O2. The van der Waals surface area contributed by atoms with Crippen LogP contribution in [0.3, 0.4) is 0 Å². The van der Waals surface area contributed by atoms with E-state index in [4.69, 9.17) is 5.10 Å². The fraction of sp³-hybridized carbons (Fsp3) is 0.414. The lowest BCUT2D eigenvalue weighted by Crippen LogP contribution is -2.42. The molecule has 0 aliphatic rings. The van der Waals surface area contributed by atoms with Gasteiger partial charge in [0, 0.05) is 23.1 Å². The summed E-state index contributed by atoms with van der Waals surface area (Å²) in [5, 5.41) is 7.74. The van der Waals surface area contributed by atoms with Crippen LogP contribution in [-0.4, -0.2) is 39.1 Å². The van der Waals surface area contributed by atoms with Crippen LogP contribution in [0.5, 0.6) is 0 Å². The van der Waals surface area contributed by atoms with Crippen molar-refractivity contribution < 1.29 is 9.59 Å². The van der Waals surface area contributed by atoms with Crippen LogP contribution in [0.15, 0.2) is 60.7 Å². The van der Waals surface area contributed by atoms with Crippen molar-refractivity contribution >= 4 is 17.6 Å². The maximum Gasteiger partial charge on any atom is 0.254 e. The molecule has 6 nitrogen and oxygen atoms in total. The quantitative estimate of drug-likeness (QED) is 0.480. The molecule has 3 aromatic rings. The van der Waals surface area contributed by atoms with E-state index in [0.717, 1.165) is 16.9 Å². The van der Waals surface area contributed by atoms with Crippen molar-refractivity contribution in [1.29, 1.82) is 0 Å². The monoisotopic (exact) mass is 474 g/mol. The summed E-state index contributed by atoms with van der Waals surface area (Å²) >= 11 is 0. The number of anilines is 1. The number of benzene rings is 2. The van der Waals surface area contributed by atoms with Crippen LogP contribution in [0.2, 0.25) is 0 Å². The molecule has 0 unspecified atom stereocenters. The van der Waals surface area contributed by atoms with Crippen molar-refractivity contribution in [2.45, 2.75) is 72.3 Å². The van der Waals surface area contributed by atoms with Crippen LogP contribution in [0, 0.1) is 0 Å². The van der Waals surface area contributed by atoms with E-state index in [1.807, 2.05) is 74.5 Å². The Hall–Kier alpha value is -3.41. The standard InChI is InChI=1S/C29H38N4O2/c1-20(2)32(27(35)21-14-16-22(17-15-21)28(3,4)5)19-26(34)30-25-18-24(29(6,7)8)31-33(25)23-12-10-9-11-13-23/h9-18,20H,19H2,1-8H3,(H,30,34). The topological polar surface area (TPSA) is 67.2 Å². The predicted molar refractivity (Wildman–Crippen MR) is 142 cm³/mol. The smallest absolute Gasteiger partial charge is 0.254 e. The third-order valence-electron chi connectivity index (χ3n) is 5.94. The van der Waals surface area contributed by atoms with Crippen LogP contribution < -0.4 is 5.32 Å². The zero-order valence-corrected chi connectivity index (χ0v) is 22.2. The summed E-state index contributed by atoms with van der Waals surface area (Å²) < 4.78 is 1.74. The van der Waals surface area contributed by atoms with Gasteiger partial charge in [-0.05, 0) is 49.1 Å². The summed E-state index contributed by atoms with van der Waals surface area (Å²) in [7, 11) is 0. The van der Waals surface area contributed by atoms with Gasteiger partial charge in [0.25, 0.3) is 5.91 Å². The summed E-state index contributed by atoms with van der Waals surface area (Å²) in [5.74, 6) is 0.148. The largest absolute Gasteiger partial charge is 0.327 e. The molecule has 1 aromatic heterocycles. The summed E-state index contributed by atoms with van der Waals surface area (Å²) in [6.07, 6.45) is 0. The van der Waals surface area contributed by atoms with Crippen LogP contribution >= 0.6 is 0 Å². The molecule has 0 bridgehead atoms. The molecule has 0 aliphatic carbocycles. The molecule has 186 valence electrons. The average molecular weight is 475 g/mol. The fourth-order valence-electron chi connectivity index (χ4n) is 3.71. The number of carbonyl (C=O) groups is 2.